The van der Waals surface area contributed by atoms with Gasteiger partial charge in [-0.15, -0.1) is 4.99 Å². The van der Waals surface area contributed by atoms with Gasteiger partial charge in [-0.1, -0.05) is 81.0 Å². The van der Waals surface area contributed by atoms with Crippen molar-refractivity contribution >= 4 is 5.71 Å². The summed E-state index contributed by atoms with van der Waals surface area (Å²) in [6, 6.07) is 16.5. The summed E-state index contributed by atoms with van der Waals surface area (Å²) in [7, 11) is 0. The van der Waals surface area contributed by atoms with Crippen LogP contribution in [-0.4, -0.2) is 77.3 Å². The zero-order chi connectivity index (χ0) is 37.9. The fourth-order valence-electron chi connectivity index (χ4n) is 9.06. The van der Waals surface area contributed by atoms with E-state index in [2.05, 4.69) is 35.7 Å². The molecule has 7 atom stereocenters. The molecule has 0 spiro atoms. The molecular weight excluding hydrogens is 679 g/mol. The Morgan fingerprint density at radius 2 is 1.93 bits per heavy atom. The van der Waals surface area contributed by atoms with Gasteiger partial charge >= 0.3 is 0 Å². The van der Waals surface area contributed by atoms with Crippen molar-refractivity contribution in [3.8, 4) is 11.5 Å². The summed E-state index contributed by atoms with van der Waals surface area (Å²) in [4.78, 5) is 4.91. The van der Waals surface area contributed by atoms with Crippen molar-refractivity contribution in [1.29, 1.82) is 0 Å². The van der Waals surface area contributed by atoms with Crippen molar-refractivity contribution in [3.63, 3.8) is 0 Å². The van der Waals surface area contributed by atoms with Gasteiger partial charge in [-0.3, -0.25) is 0 Å². The summed E-state index contributed by atoms with van der Waals surface area (Å²) >= 11 is 0. The average Bonchev–Trinajstić information content (AvgIpc) is 3.91. The molecule has 6 rings (SSSR count). The zero-order valence-electron chi connectivity index (χ0n) is 32.2. The minimum Gasteiger partial charge on any atom is -0.504 e. The molecule has 2 aliphatic heterocycles. The molecule has 2 heterocycles. The number of unbranched alkanes of at least 4 members (excludes halogenated alkanes) is 2. The molecule has 7 N–H and O–H groups in total. The molecule has 2 aliphatic carbocycles. The normalized spacial score (nSPS) is 24.0. The maximum atomic E-state index is 11.2. The lowest BCUT2D eigenvalue weighted by molar-refractivity contribution is 0.102. The van der Waals surface area contributed by atoms with Crippen LogP contribution >= 0.6 is 0 Å². The second kappa shape index (κ2) is 20.0. The number of nitrogens with one attached hydrogen (secondary N) is 1. The van der Waals surface area contributed by atoms with Gasteiger partial charge in [0.05, 0.1) is 18.1 Å². The lowest BCUT2D eigenvalue weighted by Gasteiger charge is -2.24. The molecule has 9 heteroatoms. The zero-order valence-corrected chi connectivity index (χ0v) is 32.2. The Hall–Kier alpha value is -3.31. The highest BCUT2D eigenvalue weighted by atomic mass is 16.5. The van der Waals surface area contributed by atoms with E-state index in [1.54, 1.807) is 13.0 Å². The van der Waals surface area contributed by atoms with Crippen LogP contribution in [0.1, 0.15) is 88.7 Å². The van der Waals surface area contributed by atoms with Crippen LogP contribution in [0.15, 0.2) is 76.8 Å². The highest BCUT2D eigenvalue weighted by molar-refractivity contribution is 6.04. The first kappa shape index (κ1) is 40.4. The topological polar surface area (TPSA) is 150 Å². The fraction of sp³-hybridized carbons (Fsp3) is 0.578. The maximum Gasteiger partial charge on any atom is 0.189 e. The SMILES string of the molecule is C[C@H](O)CNC[C@@H]1C2=C[C+]([C@@H](O)COc3cc(CC[C-]4C=C(CO)C(CCCCC[C@H](CN)Cc5ccccc5)O4)ccc3O)N=C2CC[C@H]2CCC[C@@H]21. The van der Waals surface area contributed by atoms with Crippen LogP contribution in [0.3, 0.4) is 0 Å². The van der Waals surface area contributed by atoms with Crippen molar-refractivity contribution < 1.29 is 29.9 Å². The quantitative estimate of drug-likeness (QED) is 0.0637. The van der Waals surface area contributed by atoms with Crippen molar-refractivity contribution in [2.24, 2.45) is 34.4 Å². The van der Waals surface area contributed by atoms with Crippen molar-refractivity contribution in [2.75, 3.05) is 32.8 Å². The average molecular weight is 742 g/mol. The van der Waals surface area contributed by atoms with Crippen LogP contribution in [0.2, 0.25) is 0 Å². The third kappa shape index (κ3) is 10.9. The first-order valence-corrected chi connectivity index (χ1v) is 20.6. The number of benzene rings is 2. The largest absolute Gasteiger partial charge is 0.504 e. The van der Waals surface area contributed by atoms with Crippen molar-refractivity contribution in [1.82, 2.24) is 5.32 Å². The first-order valence-electron chi connectivity index (χ1n) is 20.6. The van der Waals surface area contributed by atoms with Gasteiger partial charge in [0.2, 0.25) is 0 Å². The summed E-state index contributed by atoms with van der Waals surface area (Å²) in [6.45, 7) is 3.83. The number of rotatable bonds is 21. The molecule has 2 fully saturated rings. The van der Waals surface area contributed by atoms with Gasteiger partial charge in [0.1, 0.15) is 12.2 Å². The number of nitrogens with zero attached hydrogens (tertiary/aromatic N) is 1. The maximum absolute atomic E-state index is 11.2. The number of hydrogen-bond acceptors (Lipinski definition) is 9. The number of aliphatic imine (C=N–C) groups is 1. The summed E-state index contributed by atoms with van der Waals surface area (Å²) in [5.74, 6) is 2.47. The number of aromatic hydroxyl groups is 1. The second-order valence-electron chi connectivity index (χ2n) is 16.1. The summed E-state index contributed by atoms with van der Waals surface area (Å²) in [6.07, 6.45) is 17.0. The Kier molecular flexibility index (Phi) is 15.0. The molecule has 0 amide bonds. The molecule has 9 nitrogen and oxygen atoms in total. The van der Waals surface area contributed by atoms with Crippen LogP contribution in [-0.2, 0) is 17.6 Å². The molecule has 2 aromatic carbocycles. The van der Waals surface area contributed by atoms with Crippen LogP contribution in [0.4, 0.5) is 0 Å². The van der Waals surface area contributed by atoms with E-state index in [4.69, 9.17) is 20.2 Å². The minimum absolute atomic E-state index is 0.0110. The van der Waals surface area contributed by atoms with Gasteiger partial charge in [-0.2, -0.15) is 11.6 Å². The number of phenols is 1. The molecule has 0 radical (unpaired) electrons. The van der Waals surface area contributed by atoms with Gasteiger partial charge < -0.3 is 41.0 Å². The predicted octanol–water partition coefficient (Wildman–Crippen LogP) is 6.39. The number of aliphatic hydroxyl groups is 3. The Morgan fingerprint density at radius 1 is 1.07 bits per heavy atom. The fourth-order valence-corrected chi connectivity index (χ4v) is 9.06. The van der Waals surface area contributed by atoms with E-state index in [9.17, 15) is 20.4 Å². The van der Waals surface area contributed by atoms with E-state index in [-0.39, 0.29) is 25.1 Å². The molecule has 54 heavy (non-hydrogen) atoms. The molecule has 0 saturated heterocycles. The molecule has 2 aromatic rings. The second-order valence-corrected chi connectivity index (χ2v) is 16.1. The number of aliphatic hydroxyl groups excluding tert-OH is 3. The summed E-state index contributed by atoms with van der Waals surface area (Å²) in [5.41, 5.74) is 11.6. The van der Waals surface area contributed by atoms with Gasteiger partial charge in [-0.25, -0.2) is 0 Å². The standard InChI is InChI=1S/C45H63N3O6/c1-30(50)26-47-27-39-37-13-8-12-34(37)17-19-40-38(39)24-41(48-40)43(52)29-53-45-22-32(16-20-42(45)51)15-18-36-23-35(28-49)44(54-36)14-7-3-6-11-33(25-46)21-31-9-4-2-5-10-31/h2,4-5,9-10,16,20,22-24,30,33-34,37,39,43-44,47,49-52H,3,6-8,11-15,17-19,21,25-29,46H2,1H3/t30-,33-,34+,37-,39-,43-,44?/m0/s1. The highest BCUT2D eigenvalue weighted by Gasteiger charge is 2.47. The van der Waals surface area contributed by atoms with Crippen molar-refractivity contribution in [2.45, 2.75) is 109 Å². The molecular formula is C45H63N3O6. The molecule has 294 valence electrons. The van der Waals surface area contributed by atoms with Gasteiger partial charge in [0, 0.05) is 32.2 Å². The molecule has 4 aliphatic rings. The van der Waals surface area contributed by atoms with E-state index in [0.717, 1.165) is 80.9 Å². The Bertz CT molecular complexity index is 1560. The van der Waals surface area contributed by atoms with Gasteiger partial charge in [0.15, 0.2) is 29.4 Å². The smallest absolute Gasteiger partial charge is 0.189 e. The van der Waals surface area contributed by atoms with E-state index in [1.807, 2.05) is 24.3 Å². The Morgan fingerprint density at radius 3 is 2.72 bits per heavy atom. The summed E-state index contributed by atoms with van der Waals surface area (Å²) in [5, 5.41) is 45.2. The number of aryl methyl sites for hydroxylation is 1. The predicted molar refractivity (Wildman–Crippen MR) is 214 cm³/mol. The van der Waals surface area contributed by atoms with Crippen LogP contribution in [0.5, 0.6) is 11.5 Å². The number of fused-ring (bicyclic) bond motifs is 2. The van der Waals surface area contributed by atoms with Crippen LogP contribution < -0.4 is 15.8 Å². The van der Waals surface area contributed by atoms with Crippen LogP contribution in [0, 0.1) is 35.8 Å². The lowest BCUT2D eigenvalue weighted by Crippen LogP contribution is -2.34. The number of ether oxygens (including phenoxy) is 2. The Balaban J connectivity index is 0.950. The number of nitrogens with two attached hydrogens (primary N) is 1. The van der Waals surface area contributed by atoms with Gasteiger partial charge in [0.25, 0.3) is 0 Å². The van der Waals surface area contributed by atoms with Gasteiger partial charge in [-0.05, 0) is 93.0 Å². The van der Waals surface area contributed by atoms with E-state index in [1.165, 1.54) is 30.4 Å². The molecule has 2 saturated carbocycles. The van der Waals surface area contributed by atoms with Crippen LogP contribution in [0.25, 0.3) is 0 Å². The van der Waals surface area contributed by atoms with E-state index in [0.29, 0.717) is 61.4 Å². The van der Waals surface area contributed by atoms with E-state index < -0.39 is 12.2 Å². The molecule has 0 aromatic heterocycles. The summed E-state index contributed by atoms with van der Waals surface area (Å²) < 4.78 is 12.3. The molecule has 1 unspecified atom stereocenters. The minimum atomic E-state index is -0.928. The molecule has 0 bridgehead atoms. The highest BCUT2D eigenvalue weighted by Crippen LogP contribution is 2.47. The number of phenolic OH excluding ortho intramolecular Hbond substituents is 1. The number of hydrogen-bond donors (Lipinski definition) is 6. The third-order valence-electron chi connectivity index (χ3n) is 12.0. The Labute approximate surface area is 322 Å². The third-order valence-corrected chi connectivity index (χ3v) is 12.0. The first-order chi connectivity index (χ1) is 26.3. The monoisotopic (exact) mass is 741 g/mol. The van der Waals surface area contributed by atoms with Crippen molar-refractivity contribution in [3.05, 3.63) is 95.1 Å². The van der Waals surface area contributed by atoms with E-state index >= 15 is 0 Å². The lowest BCUT2D eigenvalue weighted by atomic mass is 9.80.